The van der Waals surface area contributed by atoms with Crippen LogP contribution in [0.4, 0.5) is 0 Å². The molecule has 0 heterocycles. The number of methoxy groups -OCH3 is 2. The minimum atomic E-state index is -1.31. The molecule has 0 aromatic heterocycles. The molecule has 0 aliphatic heterocycles. The Kier molecular flexibility index (Phi) is 9.09. The fourth-order valence-corrected chi connectivity index (χ4v) is 2.35. The van der Waals surface area contributed by atoms with Gasteiger partial charge in [0.15, 0.2) is 12.2 Å². The minimum Gasteiger partial charge on any atom is -0.467 e. The lowest BCUT2D eigenvalue weighted by Crippen LogP contribution is -2.13. The molecular formula is C18H18Cl2O6. The van der Waals surface area contributed by atoms with Gasteiger partial charge in [0.2, 0.25) is 0 Å². The number of hydrogen-bond donors (Lipinski definition) is 2. The molecule has 0 saturated heterocycles. The summed E-state index contributed by atoms with van der Waals surface area (Å²) in [6, 6.07) is 13.2. The van der Waals surface area contributed by atoms with Crippen LogP contribution in [0.1, 0.15) is 23.3 Å². The summed E-state index contributed by atoms with van der Waals surface area (Å²) in [6.45, 7) is 0. The number of aliphatic hydroxyl groups is 2. The monoisotopic (exact) mass is 400 g/mol. The van der Waals surface area contributed by atoms with Gasteiger partial charge in [0.25, 0.3) is 0 Å². The Morgan fingerprint density at radius 1 is 0.769 bits per heavy atom. The van der Waals surface area contributed by atoms with E-state index in [0.29, 0.717) is 21.2 Å². The molecule has 0 fully saturated rings. The largest absolute Gasteiger partial charge is 0.467 e. The summed E-state index contributed by atoms with van der Waals surface area (Å²) in [6.07, 6.45) is -2.61. The third-order valence-electron chi connectivity index (χ3n) is 3.25. The molecule has 26 heavy (non-hydrogen) atoms. The predicted octanol–water partition coefficient (Wildman–Crippen LogP) is 3.09. The maximum absolute atomic E-state index is 10.9. The smallest absolute Gasteiger partial charge is 0.339 e. The SMILES string of the molecule is COC(=O)C(O)c1ccccc1Cl.COC(=O)[C@H](O)c1ccccc1Cl. The van der Waals surface area contributed by atoms with Gasteiger partial charge in [-0.05, 0) is 12.1 Å². The van der Waals surface area contributed by atoms with Crippen LogP contribution in [0.5, 0.6) is 0 Å². The van der Waals surface area contributed by atoms with Gasteiger partial charge in [-0.3, -0.25) is 0 Å². The van der Waals surface area contributed by atoms with Gasteiger partial charge < -0.3 is 19.7 Å². The van der Waals surface area contributed by atoms with Crippen LogP contribution < -0.4 is 0 Å². The number of aliphatic hydroxyl groups excluding tert-OH is 2. The first-order valence-corrected chi connectivity index (χ1v) is 8.09. The minimum absolute atomic E-state index is 0.348. The van der Waals surface area contributed by atoms with Crippen molar-refractivity contribution in [2.45, 2.75) is 12.2 Å². The molecule has 0 radical (unpaired) electrons. The second-order valence-electron chi connectivity index (χ2n) is 4.89. The van der Waals surface area contributed by atoms with E-state index in [1.165, 1.54) is 14.2 Å². The van der Waals surface area contributed by atoms with Crippen LogP contribution in [0, 0.1) is 0 Å². The van der Waals surface area contributed by atoms with Crippen LogP contribution in [-0.2, 0) is 19.1 Å². The summed E-state index contributed by atoms with van der Waals surface area (Å²) >= 11 is 11.5. The second-order valence-corrected chi connectivity index (χ2v) is 5.71. The Labute approximate surface area is 160 Å². The standard InChI is InChI=1S/2C9H9ClO3/c2*1-13-9(12)8(11)6-4-2-3-5-7(6)10/h2*2-5,8,11H,1H3/t8-;/m1./s1. The lowest BCUT2D eigenvalue weighted by molar-refractivity contribution is -0.151. The van der Waals surface area contributed by atoms with E-state index >= 15 is 0 Å². The van der Waals surface area contributed by atoms with Gasteiger partial charge in [-0.2, -0.15) is 0 Å². The van der Waals surface area contributed by atoms with Gasteiger partial charge in [0.1, 0.15) is 0 Å². The summed E-state index contributed by atoms with van der Waals surface area (Å²) in [7, 11) is 2.42. The highest BCUT2D eigenvalue weighted by Gasteiger charge is 2.20. The first-order valence-electron chi connectivity index (χ1n) is 7.34. The van der Waals surface area contributed by atoms with Crippen molar-refractivity contribution in [2.75, 3.05) is 14.2 Å². The molecule has 2 aromatic rings. The summed E-state index contributed by atoms with van der Waals surface area (Å²) in [4.78, 5) is 21.9. The molecule has 140 valence electrons. The summed E-state index contributed by atoms with van der Waals surface area (Å²) in [5.74, 6) is -1.43. The highest BCUT2D eigenvalue weighted by molar-refractivity contribution is 6.31. The summed E-state index contributed by atoms with van der Waals surface area (Å²) < 4.78 is 8.75. The Morgan fingerprint density at radius 3 is 1.35 bits per heavy atom. The molecule has 6 nitrogen and oxygen atoms in total. The van der Waals surface area contributed by atoms with E-state index in [2.05, 4.69) is 9.47 Å². The molecule has 2 aromatic carbocycles. The topological polar surface area (TPSA) is 93.1 Å². The first-order chi connectivity index (χ1) is 12.3. The highest BCUT2D eigenvalue weighted by Crippen LogP contribution is 2.23. The number of carbonyl (C=O) groups excluding carboxylic acids is 2. The Bertz CT molecular complexity index is 686. The summed E-state index contributed by atoms with van der Waals surface area (Å²) in [5, 5.41) is 19.5. The zero-order chi connectivity index (χ0) is 19.7. The number of hydrogen-bond acceptors (Lipinski definition) is 6. The van der Waals surface area contributed by atoms with Gasteiger partial charge in [-0.1, -0.05) is 59.6 Å². The molecule has 8 heteroatoms. The zero-order valence-electron chi connectivity index (χ0n) is 14.1. The van der Waals surface area contributed by atoms with Gasteiger partial charge in [-0.25, -0.2) is 9.59 Å². The average Bonchev–Trinajstić information content (AvgIpc) is 2.67. The van der Waals surface area contributed by atoms with Gasteiger partial charge in [-0.15, -0.1) is 0 Å². The molecule has 0 saturated carbocycles. The Hall–Kier alpha value is -2.12. The quantitative estimate of drug-likeness (QED) is 0.765. The maximum atomic E-state index is 10.9. The fourth-order valence-electron chi connectivity index (χ4n) is 1.87. The fraction of sp³-hybridized carbons (Fsp3) is 0.222. The van der Waals surface area contributed by atoms with Crippen LogP contribution in [0.15, 0.2) is 48.5 Å². The maximum Gasteiger partial charge on any atom is 0.339 e. The van der Waals surface area contributed by atoms with Crippen molar-refractivity contribution in [1.82, 2.24) is 0 Å². The van der Waals surface area contributed by atoms with Crippen molar-refractivity contribution in [3.63, 3.8) is 0 Å². The molecule has 0 aliphatic rings. The molecule has 2 rings (SSSR count). The van der Waals surface area contributed by atoms with Crippen LogP contribution in [-0.4, -0.2) is 36.4 Å². The number of ether oxygens (including phenoxy) is 2. The van der Waals surface area contributed by atoms with Gasteiger partial charge in [0, 0.05) is 21.2 Å². The molecule has 1 unspecified atom stereocenters. The number of halogens is 2. The van der Waals surface area contributed by atoms with Gasteiger partial charge in [0.05, 0.1) is 14.2 Å². The summed E-state index contributed by atoms with van der Waals surface area (Å²) in [5.41, 5.74) is 0.715. The second kappa shape index (κ2) is 10.8. The van der Waals surface area contributed by atoms with Crippen molar-refractivity contribution < 1.29 is 29.3 Å². The zero-order valence-corrected chi connectivity index (χ0v) is 15.6. The molecule has 0 aliphatic carbocycles. The van der Waals surface area contributed by atoms with Crippen LogP contribution >= 0.6 is 23.2 Å². The lowest BCUT2D eigenvalue weighted by atomic mass is 10.1. The highest BCUT2D eigenvalue weighted by atomic mass is 35.5. The predicted molar refractivity (Wildman–Crippen MR) is 96.9 cm³/mol. The third-order valence-corrected chi connectivity index (χ3v) is 3.94. The van der Waals surface area contributed by atoms with E-state index in [4.69, 9.17) is 23.2 Å². The molecule has 0 amide bonds. The van der Waals surface area contributed by atoms with E-state index in [0.717, 1.165) is 0 Å². The van der Waals surface area contributed by atoms with Crippen molar-refractivity contribution in [1.29, 1.82) is 0 Å². The van der Waals surface area contributed by atoms with Crippen molar-refractivity contribution in [3.05, 3.63) is 69.7 Å². The van der Waals surface area contributed by atoms with Crippen LogP contribution in [0.25, 0.3) is 0 Å². The third kappa shape index (κ3) is 6.00. The van der Waals surface area contributed by atoms with Crippen molar-refractivity contribution in [2.24, 2.45) is 0 Å². The van der Waals surface area contributed by atoms with E-state index in [9.17, 15) is 19.8 Å². The first kappa shape index (κ1) is 21.9. The number of esters is 2. The normalized spacial score (nSPS) is 12.2. The van der Waals surface area contributed by atoms with Crippen molar-refractivity contribution in [3.8, 4) is 0 Å². The molecular weight excluding hydrogens is 383 g/mol. The van der Waals surface area contributed by atoms with Crippen LogP contribution in [0.3, 0.4) is 0 Å². The number of rotatable bonds is 4. The molecule has 2 atom stereocenters. The Balaban J connectivity index is 0.000000260. The number of benzene rings is 2. The number of carbonyl (C=O) groups is 2. The van der Waals surface area contributed by atoms with Crippen molar-refractivity contribution >= 4 is 35.1 Å². The van der Waals surface area contributed by atoms with E-state index < -0.39 is 24.1 Å². The van der Waals surface area contributed by atoms with E-state index in [-0.39, 0.29) is 0 Å². The molecule has 2 N–H and O–H groups in total. The Morgan fingerprint density at radius 2 is 1.08 bits per heavy atom. The lowest BCUT2D eigenvalue weighted by Gasteiger charge is -2.09. The van der Waals surface area contributed by atoms with Crippen LogP contribution in [0.2, 0.25) is 10.0 Å². The van der Waals surface area contributed by atoms with E-state index in [1.54, 1.807) is 48.5 Å². The molecule has 0 bridgehead atoms. The van der Waals surface area contributed by atoms with Gasteiger partial charge >= 0.3 is 11.9 Å². The van der Waals surface area contributed by atoms with E-state index in [1.807, 2.05) is 0 Å². The molecule has 0 spiro atoms. The average molecular weight is 401 g/mol.